The highest BCUT2D eigenvalue weighted by Gasteiger charge is 2.18. The number of carbonyl (C=O) groups is 1. The average Bonchev–Trinajstić information content (AvgIpc) is 2.34. The first-order valence-electron chi connectivity index (χ1n) is 7.19. The second-order valence-corrected chi connectivity index (χ2v) is 6.39. The van der Waals surface area contributed by atoms with Crippen molar-refractivity contribution in [2.75, 3.05) is 0 Å². The smallest absolute Gasteiger partial charge is 0.407 e. The van der Waals surface area contributed by atoms with Gasteiger partial charge in [0, 0.05) is 12.6 Å². The summed E-state index contributed by atoms with van der Waals surface area (Å²) in [5, 5.41) is 2.78. The molecular formula is C16H24N2O2. The van der Waals surface area contributed by atoms with Gasteiger partial charge in [-0.3, -0.25) is 0 Å². The maximum atomic E-state index is 11.6. The van der Waals surface area contributed by atoms with Gasteiger partial charge in [-0.05, 0) is 56.7 Å². The van der Waals surface area contributed by atoms with Gasteiger partial charge in [0.15, 0.2) is 0 Å². The number of rotatable bonds is 2. The Kier molecular flexibility index (Phi) is 4.33. The zero-order valence-electron chi connectivity index (χ0n) is 12.5. The third-order valence-electron chi connectivity index (χ3n) is 3.40. The number of alkyl carbamates (subject to hydrolysis) is 1. The van der Waals surface area contributed by atoms with Crippen molar-refractivity contribution >= 4 is 6.09 Å². The maximum absolute atomic E-state index is 11.6. The van der Waals surface area contributed by atoms with Crippen molar-refractivity contribution in [1.82, 2.24) is 5.32 Å². The van der Waals surface area contributed by atoms with Crippen molar-refractivity contribution in [3.8, 4) is 0 Å². The number of ether oxygens (including phenoxy) is 1. The Morgan fingerprint density at radius 1 is 1.45 bits per heavy atom. The van der Waals surface area contributed by atoms with E-state index < -0.39 is 5.60 Å². The average molecular weight is 276 g/mol. The second kappa shape index (κ2) is 5.83. The number of nitrogens with two attached hydrogens (primary N) is 1. The molecule has 1 aromatic rings. The topological polar surface area (TPSA) is 64.3 Å². The number of hydrogen-bond acceptors (Lipinski definition) is 3. The molecular weight excluding hydrogens is 252 g/mol. The fourth-order valence-corrected chi connectivity index (χ4v) is 2.50. The predicted molar refractivity (Wildman–Crippen MR) is 79.4 cm³/mol. The van der Waals surface area contributed by atoms with Crippen LogP contribution in [0.15, 0.2) is 18.2 Å². The van der Waals surface area contributed by atoms with Gasteiger partial charge in [0.2, 0.25) is 0 Å². The van der Waals surface area contributed by atoms with E-state index >= 15 is 0 Å². The number of fused-ring (bicyclic) bond motifs is 1. The molecule has 0 aliphatic heterocycles. The Balaban J connectivity index is 1.96. The van der Waals surface area contributed by atoms with Crippen molar-refractivity contribution in [3.05, 3.63) is 34.9 Å². The summed E-state index contributed by atoms with van der Waals surface area (Å²) in [5.41, 5.74) is 9.28. The van der Waals surface area contributed by atoms with Gasteiger partial charge in [-0.1, -0.05) is 18.2 Å². The molecule has 0 saturated carbocycles. The Hall–Kier alpha value is -1.55. The van der Waals surface area contributed by atoms with Crippen molar-refractivity contribution in [3.63, 3.8) is 0 Å². The summed E-state index contributed by atoms with van der Waals surface area (Å²) in [5.74, 6) is 0. The van der Waals surface area contributed by atoms with Crippen LogP contribution in [0.5, 0.6) is 0 Å². The normalized spacial score (nSPS) is 18.3. The first kappa shape index (κ1) is 14.9. The van der Waals surface area contributed by atoms with Crippen LogP contribution < -0.4 is 11.1 Å². The first-order valence-corrected chi connectivity index (χ1v) is 7.19. The highest BCUT2D eigenvalue weighted by Crippen LogP contribution is 2.28. The van der Waals surface area contributed by atoms with Gasteiger partial charge in [-0.2, -0.15) is 0 Å². The minimum absolute atomic E-state index is 0.159. The lowest BCUT2D eigenvalue weighted by atomic mass is 9.87. The molecule has 1 unspecified atom stereocenters. The third kappa shape index (κ3) is 3.97. The molecule has 3 N–H and O–H groups in total. The summed E-state index contributed by atoms with van der Waals surface area (Å²) in [4.78, 5) is 11.6. The fourth-order valence-electron chi connectivity index (χ4n) is 2.50. The number of nitrogens with one attached hydrogen (secondary N) is 1. The van der Waals surface area contributed by atoms with Crippen LogP contribution in [0.2, 0.25) is 0 Å². The first-order chi connectivity index (χ1) is 9.35. The zero-order chi connectivity index (χ0) is 14.8. The van der Waals surface area contributed by atoms with Crippen LogP contribution >= 0.6 is 0 Å². The maximum Gasteiger partial charge on any atom is 0.407 e. The van der Waals surface area contributed by atoms with E-state index in [0.717, 1.165) is 24.8 Å². The van der Waals surface area contributed by atoms with Crippen LogP contribution in [0.4, 0.5) is 4.79 Å². The highest BCUT2D eigenvalue weighted by atomic mass is 16.6. The summed E-state index contributed by atoms with van der Waals surface area (Å²) in [6.07, 6.45) is 2.88. The molecule has 0 bridgehead atoms. The molecule has 0 fully saturated rings. The summed E-state index contributed by atoms with van der Waals surface area (Å²) >= 11 is 0. The summed E-state index contributed by atoms with van der Waals surface area (Å²) in [7, 11) is 0. The van der Waals surface area contributed by atoms with Gasteiger partial charge in [0.05, 0.1) is 0 Å². The minimum Gasteiger partial charge on any atom is -0.444 e. The number of carbonyl (C=O) groups excluding carboxylic acids is 1. The molecule has 1 aliphatic rings. The van der Waals surface area contributed by atoms with E-state index in [1.54, 1.807) is 0 Å². The molecule has 0 spiro atoms. The highest BCUT2D eigenvalue weighted by molar-refractivity contribution is 5.67. The largest absolute Gasteiger partial charge is 0.444 e. The van der Waals surface area contributed by atoms with E-state index in [0.29, 0.717) is 6.54 Å². The molecule has 1 aliphatic carbocycles. The molecule has 1 atom stereocenters. The molecule has 20 heavy (non-hydrogen) atoms. The Morgan fingerprint density at radius 2 is 2.20 bits per heavy atom. The van der Waals surface area contributed by atoms with Crippen molar-refractivity contribution in [2.45, 2.75) is 58.2 Å². The quantitative estimate of drug-likeness (QED) is 0.872. The van der Waals surface area contributed by atoms with Gasteiger partial charge in [-0.15, -0.1) is 0 Å². The van der Waals surface area contributed by atoms with Crippen molar-refractivity contribution < 1.29 is 9.53 Å². The van der Waals surface area contributed by atoms with Crippen LogP contribution in [0, 0.1) is 0 Å². The minimum atomic E-state index is -0.466. The lowest BCUT2D eigenvalue weighted by Crippen LogP contribution is -2.32. The summed E-state index contributed by atoms with van der Waals surface area (Å²) in [6, 6.07) is 6.42. The van der Waals surface area contributed by atoms with E-state index in [-0.39, 0.29) is 12.1 Å². The molecule has 0 aromatic heterocycles. The molecule has 4 heteroatoms. The Bertz CT molecular complexity index is 492. The molecule has 4 nitrogen and oxygen atoms in total. The molecule has 0 heterocycles. The SMILES string of the molecule is CC(C)(C)OC(=O)NCc1ccc2c(c1)CCCC2N. The van der Waals surface area contributed by atoms with Crippen LogP contribution in [0.1, 0.15) is 56.3 Å². The standard InChI is InChI=1S/C16H24N2O2/c1-16(2,3)20-15(19)18-10-11-7-8-13-12(9-11)5-4-6-14(13)17/h7-9,14H,4-6,10,17H2,1-3H3,(H,18,19). The molecule has 2 rings (SSSR count). The lowest BCUT2D eigenvalue weighted by molar-refractivity contribution is 0.0523. The third-order valence-corrected chi connectivity index (χ3v) is 3.40. The molecule has 110 valence electrons. The van der Waals surface area contributed by atoms with Crippen LogP contribution in [0.25, 0.3) is 0 Å². The van der Waals surface area contributed by atoms with Gasteiger partial charge >= 0.3 is 6.09 Å². The van der Waals surface area contributed by atoms with Crippen LogP contribution in [0.3, 0.4) is 0 Å². The predicted octanol–water partition coefficient (Wildman–Crippen LogP) is 3.05. The van der Waals surface area contributed by atoms with E-state index in [1.807, 2.05) is 26.8 Å². The number of benzene rings is 1. The van der Waals surface area contributed by atoms with Crippen LogP contribution in [-0.4, -0.2) is 11.7 Å². The molecule has 0 saturated heterocycles. The van der Waals surface area contributed by atoms with Gasteiger partial charge in [-0.25, -0.2) is 4.79 Å². The number of amides is 1. The number of hydrogen-bond donors (Lipinski definition) is 2. The van der Waals surface area contributed by atoms with Gasteiger partial charge in [0.25, 0.3) is 0 Å². The summed E-state index contributed by atoms with van der Waals surface area (Å²) in [6.45, 7) is 6.05. The van der Waals surface area contributed by atoms with Gasteiger partial charge < -0.3 is 15.8 Å². The monoisotopic (exact) mass is 276 g/mol. The summed E-state index contributed by atoms with van der Waals surface area (Å²) < 4.78 is 5.22. The van der Waals surface area contributed by atoms with Crippen molar-refractivity contribution in [1.29, 1.82) is 0 Å². The molecule has 0 radical (unpaired) electrons. The van der Waals surface area contributed by atoms with Crippen LogP contribution in [-0.2, 0) is 17.7 Å². The Morgan fingerprint density at radius 3 is 2.90 bits per heavy atom. The van der Waals surface area contributed by atoms with E-state index in [2.05, 4.69) is 17.4 Å². The number of aryl methyl sites for hydroxylation is 1. The Labute approximate surface area is 120 Å². The van der Waals surface area contributed by atoms with Gasteiger partial charge in [0.1, 0.15) is 5.60 Å². The fraction of sp³-hybridized carbons (Fsp3) is 0.562. The van der Waals surface area contributed by atoms with E-state index in [1.165, 1.54) is 11.1 Å². The zero-order valence-corrected chi connectivity index (χ0v) is 12.5. The lowest BCUT2D eigenvalue weighted by Gasteiger charge is -2.23. The molecule has 1 aromatic carbocycles. The second-order valence-electron chi connectivity index (χ2n) is 6.39. The van der Waals surface area contributed by atoms with Crippen molar-refractivity contribution in [2.24, 2.45) is 5.73 Å². The molecule has 1 amide bonds. The van der Waals surface area contributed by atoms with E-state index in [9.17, 15) is 4.79 Å². The van der Waals surface area contributed by atoms with E-state index in [4.69, 9.17) is 10.5 Å².